The molecule has 0 aliphatic heterocycles. The van der Waals surface area contributed by atoms with E-state index in [2.05, 4.69) is 5.32 Å². The molecule has 0 heterocycles. The lowest BCUT2D eigenvalue weighted by Gasteiger charge is -2.18. The third-order valence-corrected chi connectivity index (χ3v) is 4.60. The highest BCUT2D eigenvalue weighted by atomic mass is 32.2. The first-order valence-corrected chi connectivity index (χ1v) is 8.82. The number of benzene rings is 1. The van der Waals surface area contributed by atoms with Crippen LogP contribution >= 0.6 is 0 Å². The molecule has 0 aromatic heterocycles. The lowest BCUT2D eigenvalue weighted by Crippen LogP contribution is -2.32. The Bertz CT molecular complexity index is 574. The Labute approximate surface area is 129 Å². The Morgan fingerprint density at radius 3 is 2.41 bits per heavy atom. The van der Waals surface area contributed by atoms with Crippen molar-refractivity contribution in [3.05, 3.63) is 35.4 Å². The highest BCUT2D eigenvalue weighted by Gasteiger charge is 2.32. The second kappa shape index (κ2) is 7.94. The first-order chi connectivity index (χ1) is 10.2. The van der Waals surface area contributed by atoms with Crippen LogP contribution in [0, 0.1) is 0 Å². The molecule has 126 valence electrons. The van der Waals surface area contributed by atoms with Gasteiger partial charge in [0, 0.05) is 19.6 Å². The Hall–Kier alpha value is -1.12. The van der Waals surface area contributed by atoms with Gasteiger partial charge in [0.15, 0.2) is 0 Å². The van der Waals surface area contributed by atoms with Crippen LogP contribution in [0.1, 0.15) is 24.5 Å². The van der Waals surface area contributed by atoms with Gasteiger partial charge in [0.25, 0.3) is 0 Å². The molecule has 4 nitrogen and oxygen atoms in total. The molecule has 0 radical (unpaired) electrons. The van der Waals surface area contributed by atoms with E-state index in [0.717, 1.165) is 12.3 Å². The number of hydrogen-bond acceptors (Lipinski definition) is 3. The quantitative estimate of drug-likeness (QED) is 0.741. The van der Waals surface area contributed by atoms with Crippen molar-refractivity contribution in [3.8, 4) is 0 Å². The van der Waals surface area contributed by atoms with Gasteiger partial charge < -0.3 is 5.32 Å². The summed E-state index contributed by atoms with van der Waals surface area (Å²) >= 11 is 0. The van der Waals surface area contributed by atoms with Gasteiger partial charge in [-0.15, -0.1) is 0 Å². The van der Waals surface area contributed by atoms with Gasteiger partial charge in [-0.1, -0.05) is 25.1 Å². The van der Waals surface area contributed by atoms with E-state index in [4.69, 9.17) is 0 Å². The minimum Gasteiger partial charge on any atom is -0.313 e. The molecule has 0 saturated carbocycles. The van der Waals surface area contributed by atoms with E-state index in [1.807, 2.05) is 0 Å². The fourth-order valence-corrected chi connectivity index (χ4v) is 3.04. The van der Waals surface area contributed by atoms with Crippen molar-refractivity contribution < 1.29 is 21.6 Å². The van der Waals surface area contributed by atoms with Crippen molar-refractivity contribution in [1.29, 1.82) is 0 Å². The zero-order valence-electron chi connectivity index (χ0n) is 12.7. The van der Waals surface area contributed by atoms with Crippen molar-refractivity contribution >= 4 is 10.0 Å². The highest BCUT2D eigenvalue weighted by Crippen LogP contribution is 2.31. The minimum atomic E-state index is -4.37. The lowest BCUT2D eigenvalue weighted by molar-refractivity contribution is -0.138. The average molecular weight is 338 g/mol. The normalized spacial score (nSPS) is 12.8. The predicted molar refractivity (Wildman–Crippen MR) is 79.9 cm³/mol. The van der Waals surface area contributed by atoms with Crippen LogP contribution in [0.5, 0.6) is 0 Å². The fourth-order valence-electron chi connectivity index (χ4n) is 2.11. The maximum absolute atomic E-state index is 12.8. The summed E-state index contributed by atoms with van der Waals surface area (Å²) in [6.07, 6.45) is -2.69. The average Bonchev–Trinajstić information content (AvgIpc) is 2.40. The number of nitrogens with one attached hydrogen (secondary N) is 1. The van der Waals surface area contributed by atoms with Crippen LogP contribution in [0.2, 0.25) is 0 Å². The molecule has 8 heteroatoms. The van der Waals surface area contributed by atoms with Crippen LogP contribution in [-0.4, -0.2) is 38.6 Å². The largest absolute Gasteiger partial charge is 0.416 e. The molecular weight excluding hydrogens is 317 g/mol. The Morgan fingerprint density at radius 1 is 1.23 bits per heavy atom. The fraction of sp³-hybridized carbons (Fsp3) is 0.571. The summed E-state index contributed by atoms with van der Waals surface area (Å²) in [7, 11) is -3.22. The second-order valence-electron chi connectivity index (χ2n) is 4.94. The van der Waals surface area contributed by atoms with Gasteiger partial charge >= 0.3 is 6.18 Å². The second-order valence-corrected chi connectivity index (χ2v) is 6.92. The van der Waals surface area contributed by atoms with E-state index in [1.54, 1.807) is 13.0 Å². The SMILES string of the molecule is CCN(CCCNCc1ccccc1C(F)(F)F)S(C)(=O)=O. The molecule has 1 aromatic carbocycles. The van der Waals surface area contributed by atoms with Gasteiger partial charge in [-0.05, 0) is 24.6 Å². The summed E-state index contributed by atoms with van der Waals surface area (Å²) < 4.78 is 62.5. The summed E-state index contributed by atoms with van der Waals surface area (Å²) in [4.78, 5) is 0. The van der Waals surface area contributed by atoms with Crippen molar-refractivity contribution in [1.82, 2.24) is 9.62 Å². The van der Waals surface area contributed by atoms with Gasteiger partial charge in [-0.2, -0.15) is 13.2 Å². The molecule has 1 aromatic rings. The summed E-state index contributed by atoms with van der Waals surface area (Å²) in [5.41, 5.74) is -0.459. The van der Waals surface area contributed by atoms with Crippen LogP contribution in [-0.2, 0) is 22.7 Å². The highest BCUT2D eigenvalue weighted by molar-refractivity contribution is 7.88. The molecule has 0 saturated heterocycles. The third kappa shape index (κ3) is 5.94. The molecule has 0 spiro atoms. The number of nitrogens with zero attached hydrogens (tertiary/aromatic N) is 1. The third-order valence-electron chi connectivity index (χ3n) is 3.22. The molecule has 0 aliphatic carbocycles. The van der Waals surface area contributed by atoms with Gasteiger partial charge in [0.1, 0.15) is 0 Å². The predicted octanol–water partition coefficient (Wildman–Crippen LogP) is 2.47. The van der Waals surface area contributed by atoms with Crippen molar-refractivity contribution in [2.45, 2.75) is 26.1 Å². The Kier molecular flexibility index (Phi) is 6.83. The molecule has 0 amide bonds. The summed E-state index contributed by atoms with van der Waals surface area (Å²) in [5.74, 6) is 0. The molecule has 0 atom stereocenters. The standard InChI is InChI=1S/C14H21F3N2O2S/c1-3-19(22(2,20)21)10-6-9-18-11-12-7-4-5-8-13(12)14(15,16)17/h4-5,7-8,18H,3,6,9-11H2,1-2H3. The van der Waals surface area contributed by atoms with Crippen LogP contribution in [0.15, 0.2) is 24.3 Å². The number of sulfonamides is 1. The smallest absolute Gasteiger partial charge is 0.313 e. The molecule has 22 heavy (non-hydrogen) atoms. The van der Waals surface area contributed by atoms with Gasteiger partial charge in [0.2, 0.25) is 10.0 Å². The summed E-state index contributed by atoms with van der Waals surface area (Å²) in [5, 5.41) is 2.92. The van der Waals surface area contributed by atoms with Crippen molar-refractivity contribution in [3.63, 3.8) is 0 Å². The number of alkyl halides is 3. The van der Waals surface area contributed by atoms with Crippen LogP contribution in [0.25, 0.3) is 0 Å². The van der Waals surface area contributed by atoms with E-state index >= 15 is 0 Å². The maximum atomic E-state index is 12.8. The number of rotatable bonds is 8. The molecule has 0 fully saturated rings. The molecule has 1 rings (SSSR count). The zero-order chi connectivity index (χ0) is 16.8. The van der Waals surface area contributed by atoms with Gasteiger partial charge in [-0.25, -0.2) is 12.7 Å². The van der Waals surface area contributed by atoms with Gasteiger partial charge in [-0.3, -0.25) is 0 Å². The van der Waals surface area contributed by atoms with Crippen LogP contribution in [0.4, 0.5) is 13.2 Å². The first kappa shape index (κ1) is 18.9. The first-order valence-electron chi connectivity index (χ1n) is 6.97. The monoisotopic (exact) mass is 338 g/mol. The van der Waals surface area contributed by atoms with Crippen LogP contribution in [0.3, 0.4) is 0 Å². The maximum Gasteiger partial charge on any atom is 0.416 e. The molecule has 1 N–H and O–H groups in total. The van der Waals surface area contributed by atoms with Crippen molar-refractivity contribution in [2.75, 3.05) is 25.9 Å². The topological polar surface area (TPSA) is 49.4 Å². The lowest BCUT2D eigenvalue weighted by atomic mass is 10.1. The Balaban J connectivity index is 2.46. The van der Waals surface area contributed by atoms with Crippen LogP contribution < -0.4 is 5.32 Å². The molecule has 0 aliphatic rings. The summed E-state index contributed by atoms with van der Waals surface area (Å²) in [6, 6.07) is 5.41. The van der Waals surface area contributed by atoms with E-state index < -0.39 is 21.8 Å². The van der Waals surface area contributed by atoms with E-state index in [-0.39, 0.29) is 12.1 Å². The van der Waals surface area contributed by atoms with Gasteiger partial charge in [0.05, 0.1) is 11.8 Å². The molecule has 0 bridgehead atoms. The minimum absolute atomic E-state index is 0.0979. The zero-order valence-corrected chi connectivity index (χ0v) is 13.5. The van der Waals surface area contributed by atoms with E-state index in [0.29, 0.717) is 26.1 Å². The number of halogens is 3. The molecule has 0 unspecified atom stereocenters. The van der Waals surface area contributed by atoms with E-state index in [1.165, 1.54) is 16.4 Å². The van der Waals surface area contributed by atoms with E-state index in [9.17, 15) is 21.6 Å². The summed E-state index contributed by atoms with van der Waals surface area (Å²) in [6.45, 7) is 3.02. The molecular formula is C14H21F3N2O2S. The Morgan fingerprint density at radius 2 is 1.86 bits per heavy atom. The van der Waals surface area contributed by atoms with Crippen molar-refractivity contribution in [2.24, 2.45) is 0 Å². The number of hydrogen-bond donors (Lipinski definition) is 1.